The maximum absolute atomic E-state index is 12.1. The summed E-state index contributed by atoms with van der Waals surface area (Å²) >= 11 is 0. The van der Waals surface area contributed by atoms with Crippen LogP contribution in [0.1, 0.15) is 33.1 Å². The van der Waals surface area contributed by atoms with Crippen LogP contribution in [-0.4, -0.2) is 65.3 Å². The van der Waals surface area contributed by atoms with E-state index in [-0.39, 0.29) is 17.9 Å². The number of rotatable bonds is 3. The van der Waals surface area contributed by atoms with Crippen LogP contribution >= 0.6 is 0 Å². The Labute approximate surface area is 119 Å². The second-order valence-corrected chi connectivity index (χ2v) is 6.38. The van der Waals surface area contributed by atoms with E-state index in [0.29, 0.717) is 38.9 Å². The van der Waals surface area contributed by atoms with Crippen LogP contribution in [0.2, 0.25) is 0 Å². The molecule has 0 aromatic rings. The van der Waals surface area contributed by atoms with Gasteiger partial charge in [0.15, 0.2) is 0 Å². The van der Waals surface area contributed by atoms with Crippen LogP contribution in [0.15, 0.2) is 0 Å². The van der Waals surface area contributed by atoms with Crippen molar-refractivity contribution < 1.29 is 19.4 Å². The molecule has 6 nitrogen and oxygen atoms in total. The molecule has 2 amide bonds. The molecule has 114 valence electrons. The van der Waals surface area contributed by atoms with Crippen molar-refractivity contribution in [2.24, 2.45) is 5.92 Å². The SMILES string of the molecule is CC(C)C[C@@H](O)C(=O)N1CCC2(CC1)CN(C)C(=O)O2. The number of aliphatic hydroxyl groups excluding tert-OH is 1. The number of nitrogens with zero attached hydrogens (tertiary/aromatic N) is 2. The zero-order chi connectivity index (χ0) is 14.9. The van der Waals surface area contributed by atoms with Crippen molar-refractivity contribution in [2.75, 3.05) is 26.7 Å². The van der Waals surface area contributed by atoms with Gasteiger partial charge in [-0.15, -0.1) is 0 Å². The minimum Gasteiger partial charge on any atom is -0.441 e. The highest BCUT2D eigenvalue weighted by molar-refractivity contribution is 5.80. The second kappa shape index (κ2) is 5.60. The first kappa shape index (κ1) is 15.1. The van der Waals surface area contributed by atoms with Crippen LogP contribution < -0.4 is 0 Å². The molecule has 2 heterocycles. The summed E-state index contributed by atoms with van der Waals surface area (Å²) in [5, 5.41) is 9.90. The molecule has 0 bridgehead atoms. The number of hydrogen-bond donors (Lipinski definition) is 1. The largest absolute Gasteiger partial charge is 0.441 e. The van der Waals surface area contributed by atoms with Crippen molar-refractivity contribution in [2.45, 2.75) is 44.8 Å². The molecule has 2 rings (SSSR count). The summed E-state index contributed by atoms with van der Waals surface area (Å²) in [5.41, 5.74) is -0.439. The fraction of sp³-hybridized carbons (Fsp3) is 0.857. The van der Waals surface area contributed by atoms with Gasteiger partial charge in [0, 0.05) is 33.0 Å². The van der Waals surface area contributed by atoms with Crippen LogP contribution in [0.4, 0.5) is 4.79 Å². The number of carbonyl (C=O) groups excluding carboxylic acids is 2. The summed E-state index contributed by atoms with van der Waals surface area (Å²) in [6.45, 7) is 5.62. The highest BCUT2D eigenvalue weighted by Gasteiger charge is 2.46. The molecule has 2 fully saturated rings. The van der Waals surface area contributed by atoms with Crippen LogP contribution in [-0.2, 0) is 9.53 Å². The first-order valence-corrected chi connectivity index (χ1v) is 7.24. The zero-order valence-electron chi connectivity index (χ0n) is 12.5. The summed E-state index contributed by atoms with van der Waals surface area (Å²) < 4.78 is 5.44. The van der Waals surface area contributed by atoms with Crippen LogP contribution in [0.3, 0.4) is 0 Å². The average molecular weight is 284 g/mol. The topological polar surface area (TPSA) is 70.1 Å². The van der Waals surface area contributed by atoms with Crippen molar-refractivity contribution in [3.63, 3.8) is 0 Å². The maximum atomic E-state index is 12.1. The number of ether oxygens (including phenoxy) is 1. The molecule has 1 N–H and O–H groups in total. The highest BCUT2D eigenvalue weighted by Crippen LogP contribution is 2.32. The zero-order valence-corrected chi connectivity index (χ0v) is 12.5. The normalized spacial score (nSPS) is 23.4. The van der Waals surface area contributed by atoms with E-state index in [1.54, 1.807) is 16.8 Å². The Balaban J connectivity index is 1.88. The summed E-state index contributed by atoms with van der Waals surface area (Å²) in [7, 11) is 1.72. The van der Waals surface area contributed by atoms with Gasteiger partial charge in [0.2, 0.25) is 0 Å². The Bertz CT molecular complexity index is 389. The molecule has 2 aliphatic heterocycles. The Kier molecular flexibility index (Phi) is 4.22. The lowest BCUT2D eigenvalue weighted by Crippen LogP contribution is -2.51. The van der Waals surface area contributed by atoms with E-state index in [1.165, 1.54) is 0 Å². The standard InChI is InChI=1S/C14H24N2O4/c1-10(2)8-11(17)12(18)16-6-4-14(5-7-16)9-15(3)13(19)20-14/h10-11,17H,4-9H2,1-3H3/t11-/m1/s1. The fourth-order valence-corrected chi connectivity index (χ4v) is 2.95. The Morgan fingerprint density at radius 1 is 1.40 bits per heavy atom. The van der Waals surface area contributed by atoms with Crippen molar-refractivity contribution in [3.05, 3.63) is 0 Å². The highest BCUT2D eigenvalue weighted by atomic mass is 16.6. The second-order valence-electron chi connectivity index (χ2n) is 6.38. The molecule has 0 unspecified atom stereocenters. The molecule has 2 aliphatic rings. The molecule has 20 heavy (non-hydrogen) atoms. The number of hydrogen-bond acceptors (Lipinski definition) is 4. The smallest absolute Gasteiger partial charge is 0.410 e. The van der Waals surface area contributed by atoms with Gasteiger partial charge in [-0.1, -0.05) is 13.8 Å². The quantitative estimate of drug-likeness (QED) is 0.833. The van der Waals surface area contributed by atoms with Crippen LogP contribution in [0.25, 0.3) is 0 Å². The minimum atomic E-state index is -0.919. The molecular weight excluding hydrogens is 260 g/mol. The van der Waals surface area contributed by atoms with E-state index < -0.39 is 11.7 Å². The van der Waals surface area contributed by atoms with Gasteiger partial charge in [-0.3, -0.25) is 4.79 Å². The molecule has 0 aromatic heterocycles. The monoisotopic (exact) mass is 284 g/mol. The molecule has 1 atom stereocenters. The Hall–Kier alpha value is -1.30. The first-order chi connectivity index (χ1) is 9.33. The number of likely N-dealkylation sites (tertiary alicyclic amines) is 1. The molecule has 0 saturated carbocycles. The van der Waals surface area contributed by atoms with Crippen LogP contribution in [0.5, 0.6) is 0 Å². The van der Waals surface area contributed by atoms with E-state index in [1.807, 2.05) is 13.8 Å². The fourth-order valence-electron chi connectivity index (χ4n) is 2.95. The van der Waals surface area contributed by atoms with E-state index in [4.69, 9.17) is 4.74 Å². The Morgan fingerprint density at radius 2 is 2.00 bits per heavy atom. The predicted octanol–water partition coefficient (Wildman–Crippen LogP) is 0.837. The maximum Gasteiger partial charge on any atom is 0.410 e. The first-order valence-electron chi connectivity index (χ1n) is 7.24. The van der Waals surface area contributed by atoms with Crippen molar-refractivity contribution in [3.8, 4) is 0 Å². The van der Waals surface area contributed by atoms with E-state index >= 15 is 0 Å². The third kappa shape index (κ3) is 3.06. The van der Waals surface area contributed by atoms with Crippen LogP contribution in [0, 0.1) is 5.92 Å². The van der Waals surface area contributed by atoms with Gasteiger partial charge < -0.3 is 19.6 Å². The van der Waals surface area contributed by atoms with Gasteiger partial charge in [0.05, 0.1) is 6.54 Å². The summed E-state index contributed by atoms with van der Waals surface area (Å²) in [6.07, 6.45) is 0.562. The third-order valence-electron chi connectivity index (χ3n) is 4.11. The molecule has 2 saturated heterocycles. The molecule has 1 spiro atoms. The molecule has 0 aliphatic carbocycles. The van der Waals surface area contributed by atoms with Crippen molar-refractivity contribution >= 4 is 12.0 Å². The molecule has 6 heteroatoms. The summed E-state index contributed by atoms with van der Waals surface area (Å²) in [5.74, 6) is 0.0840. The summed E-state index contributed by atoms with van der Waals surface area (Å²) in [6, 6.07) is 0. The predicted molar refractivity (Wildman–Crippen MR) is 73.1 cm³/mol. The lowest BCUT2D eigenvalue weighted by Gasteiger charge is -2.38. The van der Waals surface area contributed by atoms with Gasteiger partial charge >= 0.3 is 6.09 Å². The average Bonchev–Trinajstić information content (AvgIpc) is 2.63. The lowest BCUT2D eigenvalue weighted by molar-refractivity contribution is -0.144. The number of carbonyl (C=O) groups is 2. The van der Waals surface area contributed by atoms with Gasteiger partial charge in [0.1, 0.15) is 11.7 Å². The Morgan fingerprint density at radius 3 is 2.45 bits per heavy atom. The van der Waals surface area contributed by atoms with E-state index in [9.17, 15) is 14.7 Å². The minimum absolute atomic E-state index is 0.203. The number of amides is 2. The number of likely N-dealkylation sites (N-methyl/N-ethyl adjacent to an activating group) is 1. The molecular formula is C14H24N2O4. The summed E-state index contributed by atoms with van der Waals surface area (Å²) in [4.78, 5) is 26.9. The number of piperidine rings is 1. The van der Waals surface area contributed by atoms with E-state index in [2.05, 4.69) is 0 Å². The van der Waals surface area contributed by atoms with Gasteiger partial charge in [0.25, 0.3) is 5.91 Å². The van der Waals surface area contributed by atoms with E-state index in [0.717, 1.165) is 0 Å². The van der Waals surface area contributed by atoms with Gasteiger partial charge in [-0.05, 0) is 12.3 Å². The molecule has 0 radical (unpaired) electrons. The van der Waals surface area contributed by atoms with Crippen molar-refractivity contribution in [1.82, 2.24) is 9.80 Å². The molecule has 0 aromatic carbocycles. The van der Waals surface area contributed by atoms with Gasteiger partial charge in [-0.2, -0.15) is 0 Å². The lowest BCUT2D eigenvalue weighted by atomic mass is 9.91. The number of aliphatic hydroxyl groups is 1. The van der Waals surface area contributed by atoms with Gasteiger partial charge in [-0.25, -0.2) is 4.79 Å². The van der Waals surface area contributed by atoms with Crippen molar-refractivity contribution in [1.29, 1.82) is 0 Å². The third-order valence-corrected chi connectivity index (χ3v) is 4.11.